The molecular weight excluding hydrogens is 334 g/mol. The van der Waals surface area contributed by atoms with Crippen LogP contribution in [0.25, 0.3) is 11.0 Å². The van der Waals surface area contributed by atoms with E-state index >= 15 is 0 Å². The Balaban J connectivity index is 1.77. The molecule has 0 saturated carbocycles. The third-order valence-corrected chi connectivity index (χ3v) is 3.66. The van der Waals surface area contributed by atoms with Crippen molar-refractivity contribution in [3.05, 3.63) is 65.4 Å². The summed E-state index contributed by atoms with van der Waals surface area (Å²) in [5.41, 5.74) is 7.70. The highest BCUT2D eigenvalue weighted by Gasteiger charge is 2.11. The lowest BCUT2D eigenvalue weighted by Gasteiger charge is -2.06. The molecular formula is C19H17N3O4. The minimum Gasteiger partial charge on any atom is -0.465 e. The van der Waals surface area contributed by atoms with E-state index in [4.69, 9.17) is 10.2 Å². The summed E-state index contributed by atoms with van der Waals surface area (Å²) in [5, 5.41) is 3.39. The Hall–Kier alpha value is -3.61. The second-order valence-electron chi connectivity index (χ2n) is 5.60. The number of esters is 1. The Kier molecular flexibility index (Phi) is 4.70. The van der Waals surface area contributed by atoms with Crippen molar-refractivity contribution in [3.8, 4) is 0 Å². The monoisotopic (exact) mass is 351 g/mol. The number of nitrogens with one attached hydrogen (secondary N) is 1. The second kappa shape index (κ2) is 7.10. The lowest BCUT2D eigenvalue weighted by atomic mass is 10.1. The zero-order valence-corrected chi connectivity index (χ0v) is 14.3. The third-order valence-electron chi connectivity index (χ3n) is 3.66. The summed E-state index contributed by atoms with van der Waals surface area (Å²) in [6.45, 7) is 1.86. The zero-order valence-electron chi connectivity index (χ0n) is 14.3. The van der Waals surface area contributed by atoms with Crippen molar-refractivity contribution >= 4 is 34.5 Å². The van der Waals surface area contributed by atoms with E-state index in [-0.39, 0.29) is 17.1 Å². The SMILES string of the molecule is COC(=O)c1cccc(C(=O)NC(N)=Nc2ccc3oc(C)cc3c2)c1. The molecule has 26 heavy (non-hydrogen) atoms. The first-order valence-corrected chi connectivity index (χ1v) is 7.80. The van der Waals surface area contributed by atoms with Crippen molar-refractivity contribution < 1.29 is 18.7 Å². The van der Waals surface area contributed by atoms with Crippen molar-refractivity contribution in [2.45, 2.75) is 6.92 Å². The average Bonchev–Trinajstić information content (AvgIpc) is 3.00. The molecule has 1 heterocycles. The minimum absolute atomic E-state index is 0.0574. The van der Waals surface area contributed by atoms with Crippen LogP contribution >= 0.6 is 0 Å². The van der Waals surface area contributed by atoms with Gasteiger partial charge in [-0.1, -0.05) is 6.07 Å². The van der Waals surface area contributed by atoms with E-state index in [9.17, 15) is 9.59 Å². The molecule has 7 nitrogen and oxygen atoms in total. The fraction of sp³-hybridized carbons (Fsp3) is 0.105. The third kappa shape index (κ3) is 3.72. The molecule has 1 amide bonds. The second-order valence-corrected chi connectivity index (χ2v) is 5.60. The fourth-order valence-electron chi connectivity index (χ4n) is 2.49. The molecule has 0 radical (unpaired) electrons. The molecule has 0 aliphatic carbocycles. The predicted molar refractivity (Wildman–Crippen MR) is 97.5 cm³/mol. The Bertz CT molecular complexity index is 1020. The quantitative estimate of drug-likeness (QED) is 0.429. The Labute approximate surface area is 149 Å². The summed E-state index contributed by atoms with van der Waals surface area (Å²) in [6.07, 6.45) is 0. The first-order valence-electron chi connectivity index (χ1n) is 7.80. The molecule has 0 unspecified atom stereocenters. The van der Waals surface area contributed by atoms with E-state index in [0.29, 0.717) is 5.69 Å². The molecule has 3 rings (SSSR count). The molecule has 0 fully saturated rings. The number of rotatable bonds is 3. The molecule has 1 aromatic heterocycles. The molecule has 0 aliphatic rings. The number of hydrogen-bond acceptors (Lipinski definition) is 5. The summed E-state index contributed by atoms with van der Waals surface area (Å²) >= 11 is 0. The number of aliphatic imine (C=N–C) groups is 1. The first-order chi connectivity index (χ1) is 12.5. The summed E-state index contributed by atoms with van der Waals surface area (Å²) in [7, 11) is 1.28. The van der Waals surface area contributed by atoms with Crippen LogP contribution in [0.15, 0.2) is 57.9 Å². The summed E-state index contributed by atoms with van der Waals surface area (Å²) < 4.78 is 10.1. The molecule has 0 atom stereocenters. The molecule has 7 heteroatoms. The van der Waals surface area contributed by atoms with Crippen molar-refractivity contribution in [2.24, 2.45) is 10.7 Å². The number of furan rings is 1. The number of methoxy groups -OCH3 is 1. The van der Waals surface area contributed by atoms with Gasteiger partial charge in [-0.15, -0.1) is 0 Å². The predicted octanol–water partition coefficient (Wildman–Crippen LogP) is 2.90. The van der Waals surface area contributed by atoms with Gasteiger partial charge in [0, 0.05) is 10.9 Å². The number of nitrogens with zero attached hydrogens (tertiary/aromatic N) is 1. The van der Waals surface area contributed by atoms with Crippen molar-refractivity contribution in [1.29, 1.82) is 0 Å². The van der Waals surface area contributed by atoms with Crippen LogP contribution in [0.1, 0.15) is 26.5 Å². The largest absolute Gasteiger partial charge is 0.465 e. The van der Waals surface area contributed by atoms with Crippen LogP contribution in [0, 0.1) is 6.92 Å². The maximum atomic E-state index is 12.3. The van der Waals surface area contributed by atoms with E-state index < -0.39 is 11.9 Å². The van der Waals surface area contributed by atoms with Gasteiger partial charge in [0.2, 0.25) is 5.96 Å². The van der Waals surface area contributed by atoms with Crippen molar-refractivity contribution in [1.82, 2.24) is 5.32 Å². The van der Waals surface area contributed by atoms with Crippen LogP contribution in [0.4, 0.5) is 5.69 Å². The van der Waals surface area contributed by atoms with Gasteiger partial charge in [-0.25, -0.2) is 9.79 Å². The number of benzene rings is 2. The van der Waals surface area contributed by atoms with Crippen LogP contribution in [-0.4, -0.2) is 24.9 Å². The van der Waals surface area contributed by atoms with Gasteiger partial charge in [0.05, 0.1) is 18.4 Å². The number of aryl methyl sites for hydroxylation is 1. The van der Waals surface area contributed by atoms with Crippen LogP contribution in [-0.2, 0) is 4.74 Å². The van der Waals surface area contributed by atoms with Gasteiger partial charge in [0.15, 0.2) is 0 Å². The molecule has 0 saturated heterocycles. The van der Waals surface area contributed by atoms with Gasteiger partial charge < -0.3 is 14.9 Å². The van der Waals surface area contributed by atoms with Crippen molar-refractivity contribution in [3.63, 3.8) is 0 Å². The molecule has 132 valence electrons. The fourth-order valence-corrected chi connectivity index (χ4v) is 2.49. The number of ether oxygens (including phenoxy) is 1. The van der Waals surface area contributed by atoms with E-state index in [0.717, 1.165) is 16.7 Å². The highest BCUT2D eigenvalue weighted by atomic mass is 16.5. The molecule has 0 aliphatic heterocycles. The smallest absolute Gasteiger partial charge is 0.337 e. The van der Waals surface area contributed by atoms with Gasteiger partial charge in [-0.05, 0) is 49.4 Å². The minimum atomic E-state index is -0.523. The Morgan fingerprint density at radius 2 is 1.88 bits per heavy atom. The highest BCUT2D eigenvalue weighted by molar-refractivity contribution is 6.06. The summed E-state index contributed by atoms with van der Waals surface area (Å²) in [5.74, 6) is -0.256. The Morgan fingerprint density at radius 3 is 2.65 bits per heavy atom. The van der Waals surface area contributed by atoms with Crippen LogP contribution in [0.3, 0.4) is 0 Å². The number of amides is 1. The molecule has 0 bridgehead atoms. The first kappa shape index (κ1) is 17.2. The standard InChI is InChI=1S/C19H17N3O4/c1-11-8-14-10-15(6-7-16(14)26-11)21-19(20)22-17(23)12-4-3-5-13(9-12)18(24)25-2/h3-10H,1-2H3,(H3,20,21,22,23). The van der Waals surface area contributed by atoms with E-state index in [1.54, 1.807) is 30.3 Å². The number of nitrogens with two attached hydrogens (primary N) is 1. The van der Waals surface area contributed by atoms with E-state index in [1.807, 2.05) is 19.1 Å². The normalized spacial score (nSPS) is 11.4. The number of fused-ring (bicyclic) bond motifs is 1. The lowest BCUT2D eigenvalue weighted by molar-refractivity contribution is 0.0600. The summed E-state index contributed by atoms with van der Waals surface area (Å²) in [4.78, 5) is 28.0. The average molecular weight is 351 g/mol. The maximum Gasteiger partial charge on any atom is 0.337 e. The van der Waals surface area contributed by atoms with Gasteiger partial charge in [0.25, 0.3) is 5.91 Å². The highest BCUT2D eigenvalue weighted by Crippen LogP contribution is 2.24. The van der Waals surface area contributed by atoms with Crippen LogP contribution in [0.2, 0.25) is 0 Å². The molecule has 3 N–H and O–H groups in total. The maximum absolute atomic E-state index is 12.3. The van der Waals surface area contributed by atoms with Crippen molar-refractivity contribution in [2.75, 3.05) is 7.11 Å². The van der Waals surface area contributed by atoms with Crippen LogP contribution < -0.4 is 11.1 Å². The number of carbonyl (C=O) groups excluding carboxylic acids is 2. The lowest BCUT2D eigenvalue weighted by Crippen LogP contribution is -2.36. The van der Waals surface area contributed by atoms with Gasteiger partial charge >= 0.3 is 5.97 Å². The molecule has 2 aromatic carbocycles. The number of carbonyl (C=O) groups is 2. The zero-order chi connectivity index (χ0) is 18.7. The molecule has 3 aromatic rings. The number of hydrogen-bond donors (Lipinski definition) is 2. The molecule has 0 spiro atoms. The summed E-state index contributed by atoms with van der Waals surface area (Å²) in [6, 6.07) is 13.4. The van der Waals surface area contributed by atoms with Gasteiger partial charge in [0.1, 0.15) is 11.3 Å². The van der Waals surface area contributed by atoms with Gasteiger partial charge in [-0.3, -0.25) is 10.1 Å². The van der Waals surface area contributed by atoms with E-state index in [1.165, 1.54) is 13.2 Å². The van der Waals surface area contributed by atoms with Crippen LogP contribution in [0.5, 0.6) is 0 Å². The van der Waals surface area contributed by atoms with Gasteiger partial charge in [-0.2, -0.15) is 0 Å². The number of guanidine groups is 1. The topological polar surface area (TPSA) is 107 Å². The van der Waals surface area contributed by atoms with E-state index in [2.05, 4.69) is 15.0 Å². The Morgan fingerprint density at radius 1 is 1.12 bits per heavy atom.